The van der Waals surface area contributed by atoms with E-state index in [9.17, 15) is 9.59 Å². The zero-order valence-electron chi connectivity index (χ0n) is 11.7. The summed E-state index contributed by atoms with van der Waals surface area (Å²) in [6.45, 7) is 2.85. The van der Waals surface area contributed by atoms with E-state index in [0.717, 1.165) is 10.9 Å². The largest absolute Gasteiger partial charge is 0.369 e. The van der Waals surface area contributed by atoms with Gasteiger partial charge in [-0.25, -0.2) is 0 Å². The molecule has 0 spiro atoms. The van der Waals surface area contributed by atoms with Crippen LogP contribution in [0.5, 0.6) is 0 Å². The van der Waals surface area contributed by atoms with E-state index >= 15 is 0 Å². The lowest BCUT2D eigenvalue weighted by molar-refractivity contribution is -0.122. The van der Waals surface area contributed by atoms with E-state index in [1.54, 1.807) is 35.6 Å². The molecule has 0 bridgehead atoms. The van der Waals surface area contributed by atoms with E-state index in [2.05, 4.69) is 9.97 Å². The van der Waals surface area contributed by atoms with E-state index in [4.69, 9.17) is 5.73 Å². The van der Waals surface area contributed by atoms with Gasteiger partial charge in [0.15, 0.2) is 0 Å². The van der Waals surface area contributed by atoms with E-state index in [-0.39, 0.29) is 23.7 Å². The lowest BCUT2D eigenvalue weighted by atomic mass is 9.98. The molecule has 6 nitrogen and oxygen atoms in total. The molecule has 0 aromatic carbocycles. The Morgan fingerprint density at radius 1 is 1.29 bits per heavy atom. The second kappa shape index (κ2) is 5.12. The van der Waals surface area contributed by atoms with Gasteiger partial charge in [-0.2, -0.15) is 0 Å². The van der Waals surface area contributed by atoms with Gasteiger partial charge < -0.3 is 10.6 Å². The lowest BCUT2D eigenvalue weighted by Gasteiger charge is -2.17. The molecule has 21 heavy (non-hydrogen) atoms. The van der Waals surface area contributed by atoms with Crippen LogP contribution in [0, 0.1) is 11.8 Å². The number of fused-ring (bicyclic) bond motifs is 1. The predicted octanol–water partition coefficient (Wildman–Crippen LogP) is 0.823. The highest BCUT2D eigenvalue weighted by molar-refractivity contribution is 6.06. The summed E-state index contributed by atoms with van der Waals surface area (Å²) in [6.07, 6.45) is 4.89. The fourth-order valence-corrected chi connectivity index (χ4v) is 2.85. The maximum Gasteiger partial charge on any atom is 0.254 e. The summed E-state index contributed by atoms with van der Waals surface area (Å²) < 4.78 is 0. The maximum absolute atomic E-state index is 12.7. The number of amides is 2. The molecule has 2 aromatic rings. The Morgan fingerprint density at radius 2 is 2.10 bits per heavy atom. The maximum atomic E-state index is 12.7. The molecule has 3 rings (SSSR count). The molecule has 1 saturated heterocycles. The quantitative estimate of drug-likeness (QED) is 0.884. The van der Waals surface area contributed by atoms with E-state index < -0.39 is 0 Å². The molecule has 0 radical (unpaired) electrons. The molecule has 6 heteroatoms. The Balaban J connectivity index is 1.93. The lowest BCUT2D eigenvalue weighted by Crippen LogP contribution is -2.32. The summed E-state index contributed by atoms with van der Waals surface area (Å²) in [5.74, 6) is -0.650. The number of hydrogen-bond acceptors (Lipinski definition) is 4. The minimum Gasteiger partial charge on any atom is -0.369 e. The Labute approximate surface area is 122 Å². The van der Waals surface area contributed by atoms with Gasteiger partial charge in [-0.1, -0.05) is 6.92 Å². The first-order valence-corrected chi connectivity index (χ1v) is 6.85. The van der Waals surface area contributed by atoms with Crippen LogP contribution in [0.4, 0.5) is 0 Å². The van der Waals surface area contributed by atoms with Gasteiger partial charge in [0.05, 0.1) is 17.0 Å². The normalized spacial score (nSPS) is 21.7. The molecule has 0 saturated carbocycles. The Kier molecular flexibility index (Phi) is 3.29. The van der Waals surface area contributed by atoms with Crippen molar-refractivity contribution < 1.29 is 9.59 Å². The molecule has 2 atom stereocenters. The molecule has 2 amide bonds. The number of nitrogens with zero attached hydrogens (tertiary/aromatic N) is 3. The number of carbonyl (C=O) groups excluding carboxylic acids is 2. The average Bonchev–Trinajstić information content (AvgIpc) is 2.88. The van der Waals surface area contributed by atoms with Crippen molar-refractivity contribution in [1.82, 2.24) is 14.9 Å². The van der Waals surface area contributed by atoms with Crippen LogP contribution in [-0.4, -0.2) is 39.8 Å². The molecule has 1 aliphatic heterocycles. The third-order valence-corrected chi connectivity index (χ3v) is 4.04. The fraction of sp³-hybridized carbons (Fsp3) is 0.333. The van der Waals surface area contributed by atoms with Gasteiger partial charge >= 0.3 is 0 Å². The number of rotatable bonds is 2. The third-order valence-electron chi connectivity index (χ3n) is 4.04. The zero-order chi connectivity index (χ0) is 15.0. The van der Waals surface area contributed by atoms with Crippen molar-refractivity contribution in [2.24, 2.45) is 17.6 Å². The van der Waals surface area contributed by atoms with Gasteiger partial charge in [-0.05, 0) is 18.1 Å². The zero-order valence-corrected chi connectivity index (χ0v) is 11.7. The van der Waals surface area contributed by atoms with Crippen LogP contribution in [0.2, 0.25) is 0 Å². The number of aromatic nitrogens is 2. The van der Waals surface area contributed by atoms with Crippen LogP contribution in [0.25, 0.3) is 10.9 Å². The molecule has 2 aromatic heterocycles. The van der Waals surface area contributed by atoms with Gasteiger partial charge in [-0.3, -0.25) is 19.6 Å². The van der Waals surface area contributed by atoms with Gasteiger partial charge in [0.25, 0.3) is 5.91 Å². The van der Waals surface area contributed by atoms with Gasteiger partial charge in [0.2, 0.25) is 5.91 Å². The number of likely N-dealkylation sites (tertiary alicyclic amines) is 1. The first-order valence-electron chi connectivity index (χ1n) is 6.85. The third kappa shape index (κ3) is 2.33. The number of carbonyl (C=O) groups is 2. The summed E-state index contributed by atoms with van der Waals surface area (Å²) in [5.41, 5.74) is 6.67. The molecule has 1 fully saturated rings. The van der Waals surface area contributed by atoms with Gasteiger partial charge in [0.1, 0.15) is 0 Å². The van der Waals surface area contributed by atoms with Crippen molar-refractivity contribution in [1.29, 1.82) is 0 Å². The molecule has 0 unspecified atom stereocenters. The van der Waals surface area contributed by atoms with E-state index in [0.29, 0.717) is 18.7 Å². The van der Waals surface area contributed by atoms with E-state index in [1.165, 1.54) is 0 Å². The monoisotopic (exact) mass is 284 g/mol. The summed E-state index contributed by atoms with van der Waals surface area (Å²) in [5, 5.41) is 0.722. The van der Waals surface area contributed by atoms with Crippen LogP contribution >= 0.6 is 0 Å². The minimum absolute atomic E-state index is 0.0812. The summed E-state index contributed by atoms with van der Waals surface area (Å²) in [6, 6.07) is 3.46. The highest BCUT2D eigenvalue weighted by Crippen LogP contribution is 2.25. The number of primary amides is 1. The smallest absolute Gasteiger partial charge is 0.254 e. The summed E-state index contributed by atoms with van der Waals surface area (Å²) in [7, 11) is 0. The van der Waals surface area contributed by atoms with Crippen LogP contribution < -0.4 is 5.73 Å². The number of pyridine rings is 2. The molecular weight excluding hydrogens is 268 g/mol. The first-order chi connectivity index (χ1) is 10.1. The first kappa shape index (κ1) is 13.5. The van der Waals surface area contributed by atoms with Crippen molar-refractivity contribution >= 4 is 22.7 Å². The molecule has 3 heterocycles. The molecule has 0 aliphatic carbocycles. The standard InChI is InChI=1S/C15H16N4O2/c1-9-7-19(8-12(9)14(16)20)15(21)10-2-5-18-13-3-4-17-6-11(10)13/h2-6,9,12H,7-8H2,1H3,(H2,16,20)/t9-,12-/m1/s1. The topological polar surface area (TPSA) is 89.2 Å². The Morgan fingerprint density at radius 3 is 2.81 bits per heavy atom. The SMILES string of the molecule is C[C@@H]1CN(C(=O)c2ccnc3ccncc23)C[C@H]1C(N)=O. The highest BCUT2D eigenvalue weighted by atomic mass is 16.2. The molecule has 1 aliphatic rings. The van der Waals surface area contributed by atoms with Crippen molar-refractivity contribution in [3.63, 3.8) is 0 Å². The van der Waals surface area contributed by atoms with Crippen molar-refractivity contribution in [2.75, 3.05) is 13.1 Å². The van der Waals surface area contributed by atoms with Gasteiger partial charge in [0, 0.05) is 37.1 Å². The molecular formula is C15H16N4O2. The van der Waals surface area contributed by atoms with Gasteiger partial charge in [-0.15, -0.1) is 0 Å². The Hall–Kier alpha value is -2.50. The summed E-state index contributed by atoms with van der Waals surface area (Å²) >= 11 is 0. The van der Waals surface area contributed by atoms with Crippen LogP contribution in [-0.2, 0) is 4.79 Å². The van der Waals surface area contributed by atoms with Crippen molar-refractivity contribution in [2.45, 2.75) is 6.92 Å². The fourth-order valence-electron chi connectivity index (χ4n) is 2.85. The Bertz CT molecular complexity index is 710. The molecule has 2 N–H and O–H groups in total. The highest BCUT2D eigenvalue weighted by Gasteiger charge is 2.36. The van der Waals surface area contributed by atoms with Crippen LogP contribution in [0.3, 0.4) is 0 Å². The molecule has 108 valence electrons. The van der Waals surface area contributed by atoms with Crippen LogP contribution in [0.15, 0.2) is 30.7 Å². The predicted molar refractivity (Wildman–Crippen MR) is 77.3 cm³/mol. The average molecular weight is 284 g/mol. The number of nitrogens with two attached hydrogens (primary N) is 1. The second-order valence-corrected chi connectivity index (χ2v) is 5.45. The van der Waals surface area contributed by atoms with E-state index in [1.807, 2.05) is 6.92 Å². The van der Waals surface area contributed by atoms with Crippen molar-refractivity contribution in [3.05, 3.63) is 36.3 Å². The van der Waals surface area contributed by atoms with Crippen LogP contribution in [0.1, 0.15) is 17.3 Å². The number of hydrogen-bond donors (Lipinski definition) is 1. The second-order valence-electron chi connectivity index (χ2n) is 5.45. The minimum atomic E-state index is -0.348. The van der Waals surface area contributed by atoms with Crippen molar-refractivity contribution in [3.8, 4) is 0 Å². The summed E-state index contributed by atoms with van der Waals surface area (Å²) in [4.78, 5) is 34.0.